The number of hydrogen-bond acceptors (Lipinski definition) is 2. The van der Waals surface area contributed by atoms with Crippen LogP contribution in [0, 0.1) is 0 Å². The number of nitrogens with two attached hydrogens (primary N) is 1. The lowest BCUT2D eigenvalue weighted by Crippen LogP contribution is -2.19. The summed E-state index contributed by atoms with van der Waals surface area (Å²) in [4.78, 5) is 0. The zero-order chi connectivity index (χ0) is 12.2. The van der Waals surface area contributed by atoms with Crippen LogP contribution in [0.25, 0.3) is 0 Å². The van der Waals surface area contributed by atoms with Crippen LogP contribution in [0.3, 0.4) is 0 Å². The number of rotatable bonds is 4. The third-order valence-electron chi connectivity index (χ3n) is 2.68. The van der Waals surface area contributed by atoms with Crippen LogP contribution in [0.5, 0.6) is 0 Å². The Labute approximate surface area is 99.2 Å². The van der Waals surface area contributed by atoms with E-state index < -0.39 is 0 Å². The van der Waals surface area contributed by atoms with Crippen molar-refractivity contribution in [1.29, 1.82) is 0 Å². The number of anilines is 1. The Hall–Kier alpha value is -1.02. The molecular formula is C14H24N2. The van der Waals surface area contributed by atoms with Gasteiger partial charge in [-0.3, -0.25) is 0 Å². The third kappa shape index (κ3) is 4.23. The molecule has 0 saturated carbocycles. The molecule has 0 aliphatic rings. The summed E-state index contributed by atoms with van der Waals surface area (Å²) in [5, 5.41) is 3.37. The first kappa shape index (κ1) is 13.0. The van der Waals surface area contributed by atoms with Crippen molar-refractivity contribution >= 4 is 5.69 Å². The first-order valence-electron chi connectivity index (χ1n) is 5.99. The highest BCUT2D eigenvalue weighted by molar-refractivity contribution is 5.45. The Morgan fingerprint density at radius 1 is 1.19 bits per heavy atom. The molecule has 0 aromatic heterocycles. The van der Waals surface area contributed by atoms with Crippen LogP contribution in [-0.2, 0) is 5.41 Å². The van der Waals surface area contributed by atoms with Gasteiger partial charge in [0.25, 0.3) is 0 Å². The minimum Gasteiger partial charge on any atom is -0.385 e. The van der Waals surface area contributed by atoms with Crippen molar-refractivity contribution in [1.82, 2.24) is 0 Å². The average molecular weight is 220 g/mol. The molecule has 0 radical (unpaired) electrons. The zero-order valence-electron chi connectivity index (χ0n) is 10.9. The summed E-state index contributed by atoms with van der Waals surface area (Å²) in [6, 6.07) is 8.92. The van der Waals surface area contributed by atoms with E-state index in [2.05, 4.69) is 50.4 Å². The molecule has 16 heavy (non-hydrogen) atoms. The molecule has 1 aromatic carbocycles. The fraction of sp³-hybridized carbons (Fsp3) is 0.571. The predicted octanol–water partition coefficient (Wildman–Crippen LogP) is 3.13. The van der Waals surface area contributed by atoms with E-state index in [1.165, 1.54) is 11.3 Å². The van der Waals surface area contributed by atoms with Crippen molar-refractivity contribution in [2.75, 3.05) is 11.9 Å². The van der Waals surface area contributed by atoms with E-state index in [0.29, 0.717) is 0 Å². The van der Waals surface area contributed by atoms with Gasteiger partial charge in [0.15, 0.2) is 0 Å². The summed E-state index contributed by atoms with van der Waals surface area (Å²) < 4.78 is 0. The highest BCUT2D eigenvalue weighted by Gasteiger charge is 2.12. The molecule has 1 rings (SSSR count). The molecule has 0 amide bonds. The van der Waals surface area contributed by atoms with Gasteiger partial charge in [-0.05, 0) is 36.5 Å². The van der Waals surface area contributed by atoms with Crippen molar-refractivity contribution < 1.29 is 0 Å². The Morgan fingerprint density at radius 3 is 2.19 bits per heavy atom. The standard InChI is InChI=1S/C14H24N2/c1-11(15)9-10-16-13-7-5-12(6-8-13)14(2,3)4/h5-8,11,16H,9-10,15H2,1-4H3. The normalized spacial score (nSPS) is 13.6. The van der Waals surface area contributed by atoms with Crippen LogP contribution in [0.15, 0.2) is 24.3 Å². The highest BCUT2D eigenvalue weighted by atomic mass is 14.9. The fourth-order valence-corrected chi connectivity index (χ4v) is 1.53. The van der Waals surface area contributed by atoms with E-state index in [1.54, 1.807) is 0 Å². The Morgan fingerprint density at radius 2 is 1.75 bits per heavy atom. The molecule has 0 spiro atoms. The van der Waals surface area contributed by atoms with Crippen LogP contribution in [0.4, 0.5) is 5.69 Å². The predicted molar refractivity (Wildman–Crippen MR) is 71.9 cm³/mol. The molecule has 1 unspecified atom stereocenters. The lowest BCUT2D eigenvalue weighted by Gasteiger charge is -2.19. The third-order valence-corrected chi connectivity index (χ3v) is 2.68. The van der Waals surface area contributed by atoms with Gasteiger partial charge in [0.05, 0.1) is 0 Å². The molecule has 2 heteroatoms. The number of hydrogen-bond donors (Lipinski definition) is 2. The molecule has 90 valence electrons. The second-order valence-electron chi connectivity index (χ2n) is 5.52. The molecule has 2 nitrogen and oxygen atoms in total. The van der Waals surface area contributed by atoms with Crippen molar-refractivity contribution in [2.45, 2.75) is 45.6 Å². The van der Waals surface area contributed by atoms with E-state index in [4.69, 9.17) is 5.73 Å². The van der Waals surface area contributed by atoms with E-state index in [0.717, 1.165) is 13.0 Å². The van der Waals surface area contributed by atoms with Gasteiger partial charge in [-0.25, -0.2) is 0 Å². The van der Waals surface area contributed by atoms with Crippen LogP contribution < -0.4 is 11.1 Å². The van der Waals surface area contributed by atoms with Crippen molar-refractivity contribution in [2.24, 2.45) is 5.73 Å². The van der Waals surface area contributed by atoms with Crippen LogP contribution >= 0.6 is 0 Å². The second-order valence-corrected chi connectivity index (χ2v) is 5.52. The lowest BCUT2D eigenvalue weighted by molar-refractivity contribution is 0.590. The maximum Gasteiger partial charge on any atom is 0.0340 e. The first-order chi connectivity index (χ1) is 7.39. The van der Waals surface area contributed by atoms with Crippen molar-refractivity contribution in [3.05, 3.63) is 29.8 Å². The molecule has 0 bridgehead atoms. The van der Waals surface area contributed by atoms with Crippen molar-refractivity contribution in [3.63, 3.8) is 0 Å². The summed E-state index contributed by atoms with van der Waals surface area (Å²) in [7, 11) is 0. The van der Waals surface area contributed by atoms with E-state index in [9.17, 15) is 0 Å². The molecule has 3 N–H and O–H groups in total. The van der Waals surface area contributed by atoms with Gasteiger partial charge in [0, 0.05) is 18.3 Å². The molecule has 0 aliphatic heterocycles. The van der Waals surface area contributed by atoms with Gasteiger partial charge in [-0.15, -0.1) is 0 Å². The Bertz CT molecular complexity index is 307. The molecule has 0 fully saturated rings. The average Bonchev–Trinajstić information content (AvgIpc) is 2.16. The quantitative estimate of drug-likeness (QED) is 0.818. The second kappa shape index (κ2) is 5.35. The Balaban J connectivity index is 2.52. The van der Waals surface area contributed by atoms with Gasteiger partial charge in [0.2, 0.25) is 0 Å². The monoisotopic (exact) mass is 220 g/mol. The van der Waals surface area contributed by atoms with E-state index in [-0.39, 0.29) is 11.5 Å². The maximum absolute atomic E-state index is 5.70. The smallest absolute Gasteiger partial charge is 0.0340 e. The molecule has 0 saturated heterocycles. The number of nitrogens with one attached hydrogen (secondary N) is 1. The summed E-state index contributed by atoms with van der Waals surface area (Å²) in [6.07, 6.45) is 1.00. The van der Waals surface area contributed by atoms with Gasteiger partial charge < -0.3 is 11.1 Å². The van der Waals surface area contributed by atoms with Crippen molar-refractivity contribution in [3.8, 4) is 0 Å². The summed E-state index contributed by atoms with van der Waals surface area (Å²) in [6.45, 7) is 9.65. The van der Waals surface area contributed by atoms with Crippen LogP contribution in [-0.4, -0.2) is 12.6 Å². The van der Waals surface area contributed by atoms with Crippen LogP contribution in [0.1, 0.15) is 39.7 Å². The lowest BCUT2D eigenvalue weighted by atomic mass is 9.87. The molecule has 1 atom stereocenters. The van der Waals surface area contributed by atoms with Crippen LogP contribution in [0.2, 0.25) is 0 Å². The van der Waals surface area contributed by atoms with Gasteiger partial charge in [-0.1, -0.05) is 32.9 Å². The summed E-state index contributed by atoms with van der Waals surface area (Å²) >= 11 is 0. The number of benzene rings is 1. The summed E-state index contributed by atoms with van der Waals surface area (Å²) in [5.41, 5.74) is 8.46. The Kier molecular flexibility index (Phi) is 4.36. The first-order valence-corrected chi connectivity index (χ1v) is 5.99. The summed E-state index contributed by atoms with van der Waals surface area (Å²) in [5.74, 6) is 0. The molecule has 1 aromatic rings. The topological polar surface area (TPSA) is 38.0 Å². The maximum atomic E-state index is 5.70. The minimum atomic E-state index is 0.226. The zero-order valence-corrected chi connectivity index (χ0v) is 10.9. The molecule has 0 aliphatic carbocycles. The van der Waals surface area contributed by atoms with E-state index >= 15 is 0 Å². The van der Waals surface area contributed by atoms with E-state index in [1.807, 2.05) is 6.92 Å². The SMILES string of the molecule is CC(N)CCNc1ccc(C(C)(C)C)cc1. The largest absolute Gasteiger partial charge is 0.385 e. The molecular weight excluding hydrogens is 196 g/mol. The minimum absolute atomic E-state index is 0.226. The fourth-order valence-electron chi connectivity index (χ4n) is 1.53. The van der Waals surface area contributed by atoms with Gasteiger partial charge in [0.1, 0.15) is 0 Å². The highest BCUT2D eigenvalue weighted by Crippen LogP contribution is 2.23. The van der Waals surface area contributed by atoms with Gasteiger partial charge in [-0.2, -0.15) is 0 Å². The van der Waals surface area contributed by atoms with Gasteiger partial charge >= 0.3 is 0 Å². The molecule has 0 heterocycles.